The summed E-state index contributed by atoms with van der Waals surface area (Å²) in [5, 5.41) is 3.64. The van der Waals surface area contributed by atoms with Crippen molar-refractivity contribution in [2.45, 2.75) is 31.3 Å². The largest absolute Gasteiger partial charge is 0.352 e. The average Bonchev–Trinajstić information content (AvgIpc) is 3.00. The molecular weight excluding hydrogens is 388 g/mol. The second-order valence-electron chi connectivity index (χ2n) is 6.76. The number of carbonyl (C=O) groups is 1. The first-order valence-corrected chi connectivity index (χ1v) is 10.6. The first-order chi connectivity index (χ1) is 12.8. The number of hydrogen-bond acceptors (Lipinski definition) is 4. The number of halogens is 1. The zero-order valence-electron chi connectivity index (χ0n) is 15.4. The van der Waals surface area contributed by atoms with Crippen molar-refractivity contribution in [3.05, 3.63) is 46.9 Å². The maximum atomic E-state index is 12.7. The van der Waals surface area contributed by atoms with E-state index in [0.717, 1.165) is 5.56 Å². The maximum Gasteiger partial charge on any atom is 0.262 e. The number of carbonyl (C=O) groups excluding carboxylic acids is 1. The summed E-state index contributed by atoms with van der Waals surface area (Å²) in [6.45, 7) is 2.83. The van der Waals surface area contributed by atoms with Crippen LogP contribution in [0.25, 0.3) is 0 Å². The molecule has 9 heteroatoms. The molecule has 0 spiro atoms. The van der Waals surface area contributed by atoms with Gasteiger partial charge in [-0.1, -0.05) is 23.7 Å². The van der Waals surface area contributed by atoms with E-state index in [9.17, 15) is 13.2 Å². The van der Waals surface area contributed by atoms with Gasteiger partial charge >= 0.3 is 0 Å². The molecule has 0 saturated carbocycles. The molecule has 146 valence electrons. The van der Waals surface area contributed by atoms with Crippen molar-refractivity contribution in [2.75, 3.05) is 13.1 Å². The standard InChI is InChI=1S/C18H23ClN4O3S/c1-13-21-17(12-22(13)2)27(25,26)23-9-7-15(8-10-23)18(24)20-11-14-3-5-16(19)6-4-14/h3-6,12,15H,7-11H2,1-2H3,(H,20,24). The first-order valence-electron chi connectivity index (χ1n) is 8.79. The molecule has 0 aliphatic carbocycles. The molecule has 1 amide bonds. The number of nitrogens with one attached hydrogen (secondary N) is 1. The van der Waals surface area contributed by atoms with Gasteiger partial charge in [-0.2, -0.15) is 4.31 Å². The molecule has 0 bridgehead atoms. The highest BCUT2D eigenvalue weighted by atomic mass is 35.5. The summed E-state index contributed by atoms with van der Waals surface area (Å²) in [5.41, 5.74) is 0.971. The minimum atomic E-state index is -3.62. The van der Waals surface area contributed by atoms with Crippen molar-refractivity contribution < 1.29 is 13.2 Å². The first kappa shape index (κ1) is 19.9. The van der Waals surface area contributed by atoms with Gasteiger partial charge in [0.15, 0.2) is 5.03 Å². The Bertz CT molecular complexity index is 897. The molecule has 1 N–H and O–H groups in total. The van der Waals surface area contributed by atoms with Gasteiger partial charge in [0.25, 0.3) is 10.0 Å². The lowest BCUT2D eigenvalue weighted by atomic mass is 9.97. The second-order valence-corrected chi connectivity index (χ2v) is 9.08. The van der Waals surface area contributed by atoms with Gasteiger partial charge in [0.2, 0.25) is 5.91 Å². The number of sulfonamides is 1. The molecular formula is C18H23ClN4O3S. The van der Waals surface area contributed by atoms with Crippen LogP contribution in [0.15, 0.2) is 35.5 Å². The van der Waals surface area contributed by atoms with E-state index in [1.807, 2.05) is 12.1 Å². The Morgan fingerprint density at radius 3 is 2.44 bits per heavy atom. The van der Waals surface area contributed by atoms with Crippen LogP contribution in [0.3, 0.4) is 0 Å². The van der Waals surface area contributed by atoms with Crippen LogP contribution in [0.2, 0.25) is 5.02 Å². The van der Waals surface area contributed by atoms with E-state index < -0.39 is 10.0 Å². The number of rotatable bonds is 5. The Hall–Kier alpha value is -1.90. The summed E-state index contributed by atoms with van der Waals surface area (Å²) in [6.07, 6.45) is 2.52. The molecule has 1 aliphatic rings. The van der Waals surface area contributed by atoms with E-state index in [2.05, 4.69) is 10.3 Å². The van der Waals surface area contributed by atoms with Gasteiger partial charge in [-0.25, -0.2) is 13.4 Å². The summed E-state index contributed by atoms with van der Waals surface area (Å²) in [5.74, 6) is 0.412. The lowest BCUT2D eigenvalue weighted by Crippen LogP contribution is -2.43. The summed E-state index contributed by atoms with van der Waals surface area (Å²) in [4.78, 5) is 16.5. The molecule has 7 nitrogen and oxygen atoms in total. The zero-order valence-corrected chi connectivity index (χ0v) is 16.9. The van der Waals surface area contributed by atoms with Crippen molar-refractivity contribution >= 4 is 27.5 Å². The molecule has 2 aromatic rings. The predicted octanol–water partition coefficient (Wildman–Crippen LogP) is 2.10. The SMILES string of the molecule is Cc1nc(S(=O)(=O)N2CCC(C(=O)NCc3ccc(Cl)cc3)CC2)cn1C. The summed E-state index contributed by atoms with van der Waals surface area (Å²) in [6, 6.07) is 7.30. The van der Waals surface area contributed by atoms with Gasteiger partial charge < -0.3 is 9.88 Å². The lowest BCUT2D eigenvalue weighted by molar-refractivity contribution is -0.126. The van der Waals surface area contributed by atoms with Crippen LogP contribution in [0, 0.1) is 12.8 Å². The third-order valence-electron chi connectivity index (χ3n) is 4.90. The van der Waals surface area contributed by atoms with E-state index in [4.69, 9.17) is 11.6 Å². The third-order valence-corrected chi connectivity index (χ3v) is 6.92. The summed E-state index contributed by atoms with van der Waals surface area (Å²) >= 11 is 5.85. The van der Waals surface area contributed by atoms with Crippen LogP contribution in [-0.2, 0) is 28.4 Å². The Morgan fingerprint density at radius 1 is 1.26 bits per heavy atom. The van der Waals surface area contributed by atoms with Crippen molar-refractivity contribution in [1.29, 1.82) is 0 Å². The van der Waals surface area contributed by atoms with Crippen LogP contribution in [0.4, 0.5) is 0 Å². The Kier molecular flexibility index (Phi) is 5.88. The Balaban J connectivity index is 1.54. The quantitative estimate of drug-likeness (QED) is 0.818. The number of nitrogens with zero attached hydrogens (tertiary/aromatic N) is 3. The van der Waals surface area contributed by atoms with E-state index >= 15 is 0 Å². The van der Waals surface area contributed by atoms with Gasteiger partial charge in [-0.05, 0) is 37.5 Å². The van der Waals surface area contributed by atoms with Gasteiger partial charge in [0.1, 0.15) is 5.82 Å². The second kappa shape index (κ2) is 8.00. The summed E-state index contributed by atoms with van der Waals surface area (Å²) < 4.78 is 28.5. The molecule has 3 rings (SSSR count). The molecule has 27 heavy (non-hydrogen) atoms. The number of imidazole rings is 1. The van der Waals surface area contributed by atoms with E-state index in [1.54, 1.807) is 30.7 Å². The van der Waals surface area contributed by atoms with Crippen LogP contribution in [0.5, 0.6) is 0 Å². The third kappa shape index (κ3) is 4.51. The van der Waals surface area contributed by atoms with Crippen LogP contribution >= 0.6 is 11.6 Å². The van der Waals surface area contributed by atoms with Gasteiger partial charge in [-0.3, -0.25) is 4.79 Å². The summed E-state index contributed by atoms with van der Waals surface area (Å²) in [7, 11) is -1.85. The molecule has 1 saturated heterocycles. The number of aryl methyl sites for hydroxylation is 2. The van der Waals surface area contributed by atoms with Crippen LogP contribution in [0.1, 0.15) is 24.2 Å². The lowest BCUT2D eigenvalue weighted by Gasteiger charge is -2.29. The van der Waals surface area contributed by atoms with Crippen molar-refractivity contribution in [1.82, 2.24) is 19.2 Å². The van der Waals surface area contributed by atoms with E-state index in [1.165, 1.54) is 10.5 Å². The highest BCUT2D eigenvalue weighted by Crippen LogP contribution is 2.23. The van der Waals surface area contributed by atoms with E-state index in [0.29, 0.717) is 43.3 Å². The number of piperidine rings is 1. The van der Waals surface area contributed by atoms with Crippen molar-refractivity contribution in [3.8, 4) is 0 Å². The maximum absolute atomic E-state index is 12.7. The number of amides is 1. The molecule has 1 aromatic heterocycles. The fraction of sp³-hybridized carbons (Fsp3) is 0.444. The van der Waals surface area contributed by atoms with E-state index in [-0.39, 0.29) is 16.9 Å². The Morgan fingerprint density at radius 2 is 1.89 bits per heavy atom. The van der Waals surface area contributed by atoms with Crippen molar-refractivity contribution in [3.63, 3.8) is 0 Å². The molecule has 0 atom stereocenters. The monoisotopic (exact) mass is 410 g/mol. The predicted molar refractivity (Wildman–Crippen MR) is 103 cm³/mol. The highest BCUT2D eigenvalue weighted by molar-refractivity contribution is 7.89. The van der Waals surface area contributed by atoms with Gasteiger partial charge in [-0.15, -0.1) is 0 Å². The molecule has 2 heterocycles. The average molecular weight is 411 g/mol. The topological polar surface area (TPSA) is 84.3 Å². The molecule has 1 fully saturated rings. The fourth-order valence-corrected chi connectivity index (χ4v) is 4.70. The smallest absolute Gasteiger partial charge is 0.262 e. The number of benzene rings is 1. The van der Waals surface area contributed by atoms with Crippen LogP contribution < -0.4 is 5.32 Å². The minimum absolute atomic E-state index is 0.0457. The number of aromatic nitrogens is 2. The Labute approximate surface area is 164 Å². The van der Waals surface area contributed by atoms with Crippen molar-refractivity contribution in [2.24, 2.45) is 13.0 Å². The molecule has 1 aliphatic heterocycles. The molecule has 0 radical (unpaired) electrons. The molecule has 1 aromatic carbocycles. The fourth-order valence-electron chi connectivity index (χ4n) is 3.08. The molecule has 0 unspecified atom stereocenters. The van der Waals surface area contributed by atoms with Gasteiger partial charge in [0.05, 0.1) is 0 Å². The van der Waals surface area contributed by atoms with Crippen LogP contribution in [-0.4, -0.2) is 41.3 Å². The minimum Gasteiger partial charge on any atom is -0.352 e. The normalized spacial score (nSPS) is 16.4. The highest BCUT2D eigenvalue weighted by Gasteiger charge is 2.33. The van der Waals surface area contributed by atoms with Gasteiger partial charge in [0, 0.05) is 43.8 Å². The zero-order chi connectivity index (χ0) is 19.6. The number of hydrogen-bond donors (Lipinski definition) is 1.